The molecule has 11 heteroatoms. The van der Waals surface area contributed by atoms with Gasteiger partial charge in [0.15, 0.2) is 11.4 Å². The van der Waals surface area contributed by atoms with Gasteiger partial charge in [0.25, 0.3) is 0 Å². The summed E-state index contributed by atoms with van der Waals surface area (Å²) in [5, 5.41) is 22.3. The number of halogens is 1. The highest BCUT2D eigenvalue weighted by Gasteiger charge is 2.20. The molecule has 1 amide bonds. The van der Waals surface area contributed by atoms with Crippen molar-refractivity contribution in [3.8, 4) is 5.75 Å². The SMILES string of the molecule is O=C(CCCOc1ccc(CC(Nc2nc3ccc(Br)cc3s2)C(=O)O)cc1)NC1NC=CCN1. The van der Waals surface area contributed by atoms with E-state index in [4.69, 9.17) is 4.74 Å². The number of carbonyl (C=O) groups excluding carboxylic acids is 1. The Morgan fingerprint density at radius 2 is 2.09 bits per heavy atom. The third-order valence-corrected chi connectivity index (χ3v) is 6.69. The number of aromatic nitrogens is 1. The summed E-state index contributed by atoms with van der Waals surface area (Å²) in [6.07, 6.45) is 4.73. The first-order chi connectivity index (χ1) is 17.0. The highest BCUT2D eigenvalue weighted by molar-refractivity contribution is 9.10. The fraction of sp³-hybridized carbons (Fsp3) is 0.292. The Hall–Kier alpha value is -3.15. The highest BCUT2D eigenvalue weighted by Crippen LogP contribution is 2.29. The van der Waals surface area contributed by atoms with E-state index < -0.39 is 12.0 Å². The maximum atomic E-state index is 12.0. The molecule has 0 radical (unpaired) electrons. The summed E-state index contributed by atoms with van der Waals surface area (Å²) < 4.78 is 7.65. The lowest BCUT2D eigenvalue weighted by molar-refractivity contribution is -0.137. The van der Waals surface area contributed by atoms with Crippen molar-refractivity contribution in [3.05, 3.63) is 64.8 Å². The van der Waals surface area contributed by atoms with E-state index in [1.807, 2.05) is 54.7 Å². The van der Waals surface area contributed by atoms with Crippen LogP contribution in [0.2, 0.25) is 0 Å². The lowest BCUT2D eigenvalue weighted by atomic mass is 10.1. The van der Waals surface area contributed by atoms with E-state index in [1.165, 1.54) is 11.3 Å². The van der Waals surface area contributed by atoms with Crippen LogP contribution in [0, 0.1) is 0 Å². The number of carboxylic acids is 1. The van der Waals surface area contributed by atoms with Gasteiger partial charge in [0, 0.05) is 23.9 Å². The van der Waals surface area contributed by atoms with Crippen LogP contribution in [0.1, 0.15) is 18.4 Å². The summed E-state index contributed by atoms with van der Waals surface area (Å²) in [6.45, 7) is 1.12. The fourth-order valence-corrected chi connectivity index (χ4v) is 4.95. The number of fused-ring (bicyclic) bond motifs is 1. The second-order valence-electron chi connectivity index (χ2n) is 7.94. The van der Waals surface area contributed by atoms with Crippen molar-refractivity contribution < 1.29 is 19.4 Å². The monoisotopic (exact) mass is 559 g/mol. The topological polar surface area (TPSA) is 125 Å². The summed E-state index contributed by atoms with van der Waals surface area (Å²) in [5.74, 6) is -0.331. The standard InChI is InChI=1S/C24H26BrN5O4S/c25-16-6-9-18-20(14-16)35-24(28-18)29-19(22(32)33)13-15-4-7-17(8-5-15)34-12-1-3-21(31)30-23-26-10-2-11-27-23/h2,4-10,14,19,23,26-27H,1,3,11-13H2,(H,28,29)(H,30,31)(H,32,33). The van der Waals surface area contributed by atoms with Gasteiger partial charge in [-0.2, -0.15) is 0 Å². The number of anilines is 1. The maximum absolute atomic E-state index is 12.0. The highest BCUT2D eigenvalue weighted by atomic mass is 79.9. The molecule has 2 aromatic carbocycles. The van der Waals surface area contributed by atoms with E-state index >= 15 is 0 Å². The smallest absolute Gasteiger partial charge is 0.326 e. The normalized spacial score (nSPS) is 15.9. The molecule has 2 atom stereocenters. The van der Waals surface area contributed by atoms with Crippen molar-refractivity contribution >= 4 is 54.5 Å². The molecule has 1 aromatic heterocycles. The van der Waals surface area contributed by atoms with Crippen LogP contribution in [0.15, 0.2) is 59.2 Å². The summed E-state index contributed by atoms with van der Waals surface area (Å²) in [7, 11) is 0. The Morgan fingerprint density at radius 3 is 2.83 bits per heavy atom. The molecule has 2 heterocycles. The molecule has 5 N–H and O–H groups in total. The number of hydrogen-bond acceptors (Lipinski definition) is 8. The van der Waals surface area contributed by atoms with E-state index in [1.54, 1.807) is 0 Å². The first-order valence-corrected chi connectivity index (χ1v) is 12.8. The molecular formula is C24H26BrN5O4S. The number of rotatable bonds is 11. The van der Waals surface area contributed by atoms with Crippen LogP contribution < -0.4 is 26.0 Å². The number of hydrogen-bond donors (Lipinski definition) is 5. The molecule has 0 aliphatic carbocycles. The average Bonchev–Trinajstić information content (AvgIpc) is 3.24. The molecule has 1 aliphatic rings. The first kappa shape index (κ1) is 25.0. The van der Waals surface area contributed by atoms with Gasteiger partial charge in [0.1, 0.15) is 11.8 Å². The lowest BCUT2D eigenvalue weighted by Gasteiger charge is -2.22. The number of aliphatic carboxylic acids is 1. The van der Waals surface area contributed by atoms with Gasteiger partial charge in [-0.25, -0.2) is 9.78 Å². The second-order valence-corrected chi connectivity index (χ2v) is 9.89. The number of carboxylic acid groups (broad SMARTS) is 1. The molecule has 0 spiro atoms. The van der Waals surface area contributed by atoms with E-state index in [0.717, 1.165) is 20.3 Å². The molecule has 184 valence electrons. The van der Waals surface area contributed by atoms with Gasteiger partial charge in [0.05, 0.1) is 16.8 Å². The van der Waals surface area contributed by atoms with Crippen molar-refractivity contribution in [1.82, 2.24) is 20.9 Å². The van der Waals surface area contributed by atoms with Crippen LogP contribution in [0.3, 0.4) is 0 Å². The third kappa shape index (κ3) is 7.41. The van der Waals surface area contributed by atoms with Gasteiger partial charge < -0.3 is 25.8 Å². The molecule has 3 aromatic rings. The van der Waals surface area contributed by atoms with Crippen molar-refractivity contribution in [2.24, 2.45) is 0 Å². The molecule has 1 aliphatic heterocycles. The Kier molecular flexibility index (Phi) is 8.56. The van der Waals surface area contributed by atoms with Gasteiger partial charge in [-0.15, -0.1) is 0 Å². The largest absolute Gasteiger partial charge is 0.494 e. The number of nitrogens with zero attached hydrogens (tertiary/aromatic N) is 1. The van der Waals surface area contributed by atoms with Gasteiger partial charge in [-0.3, -0.25) is 10.1 Å². The molecule has 0 bridgehead atoms. The summed E-state index contributed by atoms with van der Waals surface area (Å²) in [6, 6.07) is 12.3. The van der Waals surface area contributed by atoms with Crippen LogP contribution in [-0.2, 0) is 16.0 Å². The van der Waals surface area contributed by atoms with Gasteiger partial charge in [-0.05, 0) is 48.5 Å². The van der Waals surface area contributed by atoms with Crippen LogP contribution in [0.5, 0.6) is 5.75 Å². The minimum atomic E-state index is -0.946. The van der Waals surface area contributed by atoms with Gasteiger partial charge in [-0.1, -0.05) is 45.5 Å². The summed E-state index contributed by atoms with van der Waals surface area (Å²) >= 11 is 4.86. The Labute approximate surface area is 215 Å². The Balaban J connectivity index is 1.23. The zero-order chi connectivity index (χ0) is 24.6. The Morgan fingerprint density at radius 1 is 1.26 bits per heavy atom. The van der Waals surface area contributed by atoms with Gasteiger partial charge in [0.2, 0.25) is 5.91 Å². The van der Waals surface area contributed by atoms with Crippen molar-refractivity contribution in [2.75, 3.05) is 18.5 Å². The summed E-state index contributed by atoms with van der Waals surface area (Å²) in [4.78, 5) is 28.3. The lowest BCUT2D eigenvalue weighted by Crippen LogP contribution is -2.54. The van der Waals surface area contributed by atoms with Gasteiger partial charge >= 0.3 is 5.97 Å². The molecule has 0 fully saturated rings. The zero-order valence-electron chi connectivity index (χ0n) is 18.8. The minimum Gasteiger partial charge on any atom is -0.494 e. The van der Waals surface area contributed by atoms with E-state index in [0.29, 0.717) is 43.3 Å². The van der Waals surface area contributed by atoms with Crippen LogP contribution in [0.4, 0.5) is 5.13 Å². The van der Waals surface area contributed by atoms with Crippen molar-refractivity contribution in [3.63, 3.8) is 0 Å². The first-order valence-electron chi connectivity index (χ1n) is 11.2. The zero-order valence-corrected chi connectivity index (χ0v) is 21.2. The molecular weight excluding hydrogens is 534 g/mol. The molecule has 0 saturated carbocycles. The predicted octanol–water partition coefficient (Wildman–Crippen LogP) is 3.43. The molecule has 9 nitrogen and oxygen atoms in total. The number of thiazole rings is 1. The number of nitrogens with one attached hydrogen (secondary N) is 4. The van der Waals surface area contributed by atoms with E-state index in [-0.39, 0.29) is 12.2 Å². The minimum absolute atomic E-state index is 0.0581. The molecule has 0 saturated heterocycles. The summed E-state index contributed by atoms with van der Waals surface area (Å²) in [5.41, 5.74) is 1.69. The van der Waals surface area contributed by atoms with Crippen LogP contribution >= 0.6 is 27.3 Å². The maximum Gasteiger partial charge on any atom is 0.326 e. The molecule has 35 heavy (non-hydrogen) atoms. The second kappa shape index (κ2) is 12.0. The van der Waals surface area contributed by atoms with Crippen LogP contribution in [-0.4, -0.2) is 47.5 Å². The molecule has 2 unspecified atom stereocenters. The van der Waals surface area contributed by atoms with E-state index in [9.17, 15) is 14.7 Å². The van der Waals surface area contributed by atoms with Crippen LogP contribution in [0.25, 0.3) is 10.2 Å². The third-order valence-electron chi connectivity index (χ3n) is 5.25. The van der Waals surface area contributed by atoms with Crippen molar-refractivity contribution in [2.45, 2.75) is 31.6 Å². The van der Waals surface area contributed by atoms with E-state index in [2.05, 4.69) is 42.2 Å². The number of amides is 1. The van der Waals surface area contributed by atoms with Crippen molar-refractivity contribution in [1.29, 1.82) is 0 Å². The number of carbonyl (C=O) groups is 2. The molecule has 4 rings (SSSR count). The fourth-order valence-electron chi connectivity index (χ4n) is 3.48. The average molecular weight is 560 g/mol. The Bertz CT molecular complexity index is 1200. The number of benzene rings is 2. The predicted molar refractivity (Wildman–Crippen MR) is 139 cm³/mol. The number of ether oxygens (including phenoxy) is 1. The quantitative estimate of drug-likeness (QED) is 0.226.